The standard InChI is InChI=1S/C15H18N2O3S/c1-19-13(18)15(16)8-4-5-10(9-15)21-14-17-11-6-2-3-7-12(11)20-14/h2-3,6-7,10H,4-5,8-9,16H2,1H3. The first kappa shape index (κ1) is 14.4. The summed E-state index contributed by atoms with van der Waals surface area (Å²) >= 11 is 1.55. The molecule has 1 fully saturated rings. The van der Waals surface area contributed by atoms with Crippen molar-refractivity contribution in [3.8, 4) is 0 Å². The summed E-state index contributed by atoms with van der Waals surface area (Å²) in [6, 6.07) is 7.67. The van der Waals surface area contributed by atoms with Gasteiger partial charge in [-0.3, -0.25) is 4.79 Å². The van der Waals surface area contributed by atoms with E-state index in [1.54, 1.807) is 11.8 Å². The van der Waals surface area contributed by atoms with E-state index in [2.05, 4.69) is 4.98 Å². The van der Waals surface area contributed by atoms with Crippen LogP contribution in [0.5, 0.6) is 0 Å². The van der Waals surface area contributed by atoms with Gasteiger partial charge in [-0.1, -0.05) is 23.9 Å². The van der Waals surface area contributed by atoms with Gasteiger partial charge < -0.3 is 14.9 Å². The van der Waals surface area contributed by atoms with Gasteiger partial charge in [0, 0.05) is 5.25 Å². The van der Waals surface area contributed by atoms with Crippen LogP contribution in [-0.2, 0) is 9.53 Å². The summed E-state index contributed by atoms with van der Waals surface area (Å²) in [5.74, 6) is -0.328. The number of benzene rings is 1. The topological polar surface area (TPSA) is 78.4 Å². The number of carbonyl (C=O) groups excluding carboxylic acids is 1. The van der Waals surface area contributed by atoms with Gasteiger partial charge in [-0.15, -0.1) is 0 Å². The number of ether oxygens (including phenoxy) is 1. The molecule has 0 radical (unpaired) electrons. The molecule has 1 aliphatic carbocycles. The van der Waals surface area contributed by atoms with Gasteiger partial charge in [0.2, 0.25) is 0 Å². The third-order valence-corrected chi connectivity index (χ3v) is 4.99. The molecule has 0 spiro atoms. The number of oxazole rings is 1. The first-order valence-electron chi connectivity index (χ1n) is 7.00. The van der Waals surface area contributed by atoms with E-state index in [-0.39, 0.29) is 11.2 Å². The van der Waals surface area contributed by atoms with Crippen molar-refractivity contribution in [2.24, 2.45) is 5.73 Å². The molecule has 112 valence electrons. The molecule has 1 heterocycles. The van der Waals surface area contributed by atoms with E-state index in [1.165, 1.54) is 7.11 Å². The number of aromatic nitrogens is 1. The molecule has 0 bridgehead atoms. The summed E-state index contributed by atoms with van der Waals surface area (Å²) in [5.41, 5.74) is 6.95. The number of nitrogens with zero attached hydrogens (tertiary/aromatic N) is 1. The molecule has 3 rings (SSSR count). The van der Waals surface area contributed by atoms with Crippen molar-refractivity contribution in [1.29, 1.82) is 0 Å². The molecule has 21 heavy (non-hydrogen) atoms. The molecule has 1 aromatic carbocycles. The lowest BCUT2D eigenvalue weighted by Gasteiger charge is -2.34. The second kappa shape index (κ2) is 5.69. The Bertz CT molecular complexity index is 624. The Morgan fingerprint density at radius 1 is 1.52 bits per heavy atom. The Balaban J connectivity index is 1.73. The first-order valence-corrected chi connectivity index (χ1v) is 7.88. The third-order valence-electron chi connectivity index (χ3n) is 3.87. The normalized spacial score (nSPS) is 25.9. The number of hydrogen-bond acceptors (Lipinski definition) is 6. The van der Waals surface area contributed by atoms with Crippen LogP contribution >= 0.6 is 11.8 Å². The lowest BCUT2D eigenvalue weighted by atomic mass is 9.82. The zero-order valence-corrected chi connectivity index (χ0v) is 12.7. The monoisotopic (exact) mass is 306 g/mol. The van der Waals surface area contributed by atoms with Crippen LogP contribution in [0.3, 0.4) is 0 Å². The molecule has 2 aromatic rings. The third kappa shape index (κ3) is 2.91. The number of carbonyl (C=O) groups is 1. The van der Waals surface area contributed by atoms with Crippen LogP contribution in [0.2, 0.25) is 0 Å². The number of methoxy groups -OCH3 is 1. The van der Waals surface area contributed by atoms with E-state index in [9.17, 15) is 4.79 Å². The molecule has 0 saturated heterocycles. The van der Waals surface area contributed by atoms with Crippen molar-refractivity contribution < 1.29 is 13.9 Å². The van der Waals surface area contributed by atoms with Crippen LogP contribution in [0.15, 0.2) is 33.9 Å². The van der Waals surface area contributed by atoms with Crippen LogP contribution in [-0.4, -0.2) is 28.9 Å². The number of thioether (sulfide) groups is 1. The average molecular weight is 306 g/mol. The molecular formula is C15H18N2O3S. The zero-order valence-electron chi connectivity index (χ0n) is 11.9. The smallest absolute Gasteiger partial charge is 0.325 e. The Kier molecular flexibility index (Phi) is 3.91. The second-order valence-electron chi connectivity index (χ2n) is 5.43. The van der Waals surface area contributed by atoms with Gasteiger partial charge >= 0.3 is 5.97 Å². The molecular weight excluding hydrogens is 288 g/mol. The highest BCUT2D eigenvalue weighted by Gasteiger charge is 2.41. The van der Waals surface area contributed by atoms with E-state index in [0.29, 0.717) is 18.1 Å². The molecule has 0 amide bonds. The Hall–Kier alpha value is -1.53. The van der Waals surface area contributed by atoms with Gasteiger partial charge in [-0.25, -0.2) is 4.98 Å². The fourth-order valence-corrected chi connectivity index (χ4v) is 4.03. The Labute approximate surface area is 127 Å². The molecule has 1 aliphatic rings. The Morgan fingerprint density at radius 2 is 2.33 bits per heavy atom. The van der Waals surface area contributed by atoms with Crippen LogP contribution in [0.4, 0.5) is 0 Å². The largest absolute Gasteiger partial charge is 0.468 e. The van der Waals surface area contributed by atoms with Crippen molar-refractivity contribution in [2.75, 3.05) is 7.11 Å². The van der Waals surface area contributed by atoms with Gasteiger partial charge in [-0.2, -0.15) is 0 Å². The van der Waals surface area contributed by atoms with E-state index in [1.807, 2.05) is 24.3 Å². The van der Waals surface area contributed by atoms with Crippen molar-refractivity contribution in [2.45, 2.75) is 41.7 Å². The van der Waals surface area contributed by atoms with Crippen LogP contribution in [0.1, 0.15) is 25.7 Å². The summed E-state index contributed by atoms with van der Waals surface area (Å²) in [5, 5.41) is 0.853. The number of para-hydroxylation sites is 2. The van der Waals surface area contributed by atoms with Crippen molar-refractivity contribution >= 4 is 28.8 Å². The predicted octanol–water partition coefficient (Wildman–Crippen LogP) is 2.73. The minimum Gasteiger partial charge on any atom is -0.468 e. The highest BCUT2D eigenvalue weighted by molar-refractivity contribution is 7.99. The van der Waals surface area contributed by atoms with Crippen LogP contribution in [0.25, 0.3) is 11.1 Å². The average Bonchev–Trinajstić information content (AvgIpc) is 2.88. The first-order chi connectivity index (χ1) is 10.1. The molecule has 2 atom stereocenters. The summed E-state index contributed by atoms with van der Waals surface area (Å²) in [6.07, 6.45) is 3.16. The summed E-state index contributed by atoms with van der Waals surface area (Å²) < 4.78 is 10.5. The van der Waals surface area contributed by atoms with Gasteiger partial charge in [0.15, 0.2) is 5.58 Å². The maximum Gasteiger partial charge on any atom is 0.325 e. The summed E-state index contributed by atoms with van der Waals surface area (Å²) in [4.78, 5) is 16.3. The number of esters is 1. The maximum absolute atomic E-state index is 11.8. The number of rotatable bonds is 3. The fraction of sp³-hybridized carbons (Fsp3) is 0.467. The van der Waals surface area contributed by atoms with E-state index < -0.39 is 5.54 Å². The van der Waals surface area contributed by atoms with Crippen molar-refractivity contribution in [3.05, 3.63) is 24.3 Å². The second-order valence-corrected chi connectivity index (χ2v) is 6.68. The lowest BCUT2D eigenvalue weighted by molar-refractivity contribution is -0.148. The predicted molar refractivity (Wildman–Crippen MR) is 81.1 cm³/mol. The fourth-order valence-electron chi connectivity index (χ4n) is 2.79. The minimum absolute atomic E-state index is 0.218. The lowest BCUT2D eigenvalue weighted by Crippen LogP contribution is -2.52. The molecule has 0 aliphatic heterocycles. The highest BCUT2D eigenvalue weighted by atomic mass is 32.2. The van der Waals surface area contributed by atoms with E-state index in [4.69, 9.17) is 14.9 Å². The van der Waals surface area contributed by atoms with Gasteiger partial charge in [-0.05, 0) is 37.8 Å². The number of nitrogens with two attached hydrogens (primary N) is 1. The van der Waals surface area contributed by atoms with Crippen LogP contribution in [0, 0.1) is 0 Å². The number of fused-ring (bicyclic) bond motifs is 1. The molecule has 5 nitrogen and oxygen atoms in total. The van der Waals surface area contributed by atoms with E-state index >= 15 is 0 Å². The molecule has 2 N–H and O–H groups in total. The minimum atomic E-state index is -0.878. The van der Waals surface area contributed by atoms with E-state index in [0.717, 1.165) is 23.9 Å². The highest BCUT2D eigenvalue weighted by Crippen LogP contribution is 2.38. The quantitative estimate of drug-likeness (QED) is 0.878. The van der Waals surface area contributed by atoms with Gasteiger partial charge in [0.25, 0.3) is 5.22 Å². The molecule has 1 aromatic heterocycles. The summed E-state index contributed by atoms with van der Waals surface area (Å²) in [6.45, 7) is 0. The van der Waals surface area contributed by atoms with Gasteiger partial charge in [0.05, 0.1) is 7.11 Å². The molecule has 6 heteroatoms. The van der Waals surface area contributed by atoms with Crippen molar-refractivity contribution in [3.63, 3.8) is 0 Å². The SMILES string of the molecule is COC(=O)C1(N)CCCC(Sc2nc3ccccc3o2)C1. The Morgan fingerprint density at radius 3 is 3.10 bits per heavy atom. The van der Waals surface area contributed by atoms with Crippen LogP contribution < -0.4 is 5.73 Å². The molecule has 2 unspecified atom stereocenters. The molecule has 1 saturated carbocycles. The van der Waals surface area contributed by atoms with Crippen molar-refractivity contribution in [1.82, 2.24) is 4.98 Å². The maximum atomic E-state index is 11.8. The number of hydrogen-bond donors (Lipinski definition) is 1. The van der Waals surface area contributed by atoms with Gasteiger partial charge in [0.1, 0.15) is 11.1 Å². The zero-order chi connectivity index (χ0) is 14.9. The summed E-state index contributed by atoms with van der Waals surface area (Å²) in [7, 11) is 1.38.